The molecule has 0 atom stereocenters. The lowest BCUT2D eigenvalue weighted by Gasteiger charge is -2.42. The lowest BCUT2D eigenvalue weighted by atomic mass is 10.0. The second-order valence-corrected chi connectivity index (χ2v) is 10.2. The molecule has 0 radical (unpaired) electrons. The Hall–Kier alpha value is -2.31. The molecule has 0 saturated carbocycles. The average molecular weight is 443 g/mol. The van der Waals surface area contributed by atoms with Gasteiger partial charge in [-0.25, -0.2) is 12.8 Å². The summed E-state index contributed by atoms with van der Waals surface area (Å²) >= 11 is 0. The third-order valence-electron chi connectivity index (χ3n) is 6.26. The Bertz CT molecular complexity index is 1040. The van der Waals surface area contributed by atoms with E-state index in [1.807, 2.05) is 18.2 Å². The van der Waals surface area contributed by atoms with E-state index in [4.69, 9.17) is 5.26 Å². The van der Waals surface area contributed by atoms with Crippen molar-refractivity contribution in [3.63, 3.8) is 0 Å². The van der Waals surface area contributed by atoms with Gasteiger partial charge in [-0.2, -0.15) is 9.57 Å². The number of nitrogens with zero attached hydrogens (tertiary/aromatic N) is 4. The number of nitriles is 1. The number of halogens is 1. The van der Waals surface area contributed by atoms with Crippen LogP contribution in [0.2, 0.25) is 0 Å². The van der Waals surface area contributed by atoms with Crippen LogP contribution >= 0.6 is 0 Å². The fraction of sp³-hybridized carbons (Fsp3) is 0.435. The van der Waals surface area contributed by atoms with Crippen LogP contribution in [-0.2, 0) is 16.6 Å². The molecule has 6 nitrogen and oxygen atoms in total. The average Bonchev–Trinajstić information content (AvgIpc) is 2.80. The SMILES string of the molecule is N#Cc1cccc(CN2CCC(N3CCN(S(=O)(=O)c4ccc(F)cc4)CC3)CC2)c1. The Kier molecular flexibility index (Phi) is 6.68. The zero-order valence-corrected chi connectivity index (χ0v) is 18.3. The molecule has 4 rings (SSSR count). The smallest absolute Gasteiger partial charge is 0.243 e. The van der Waals surface area contributed by atoms with Crippen LogP contribution in [0.4, 0.5) is 4.39 Å². The van der Waals surface area contributed by atoms with Gasteiger partial charge in [-0.05, 0) is 67.9 Å². The number of hydrogen-bond donors (Lipinski definition) is 0. The van der Waals surface area contributed by atoms with Crippen molar-refractivity contribution in [2.75, 3.05) is 39.3 Å². The number of sulfonamides is 1. The molecule has 8 heteroatoms. The van der Waals surface area contributed by atoms with Crippen molar-refractivity contribution in [2.24, 2.45) is 0 Å². The minimum Gasteiger partial charge on any atom is -0.299 e. The highest BCUT2D eigenvalue weighted by molar-refractivity contribution is 7.89. The highest BCUT2D eigenvalue weighted by Crippen LogP contribution is 2.23. The van der Waals surface area contributed by atoms with E-state index in [-0.39, 0.29) is 4.90 Å². The van der Waals surface area contributed by atoms with Gasteiger partial charge >= 0.3 is 0 Å². The molecule has 0 spiro atoms. The molecule has 2 aliphatic rings. The summed E-state index contributed by atoms with van der Waals surface area (Å²) in [5.41, 5.74) is 1.86. The monoisotopic (exact) mass is 442 g/mol. The fourth-order valence-electron chi connectivity index (χ4n) is 4.50. The number of piperazine rings is 1. The maximum Gasteiger partial charge on any atom is 0.243 e. The molecule has 2 aromatic rings. The third-order valence-corrected chi connectivity index (χ3v) is 8.17. The first-order valence-electron chi connectivity index (χ1n) is 10.7. The molecule has 0 aromatic heterocycles. The van der Waals surface area contributed by atoms with Crippen LogP contribution in [0.25, 0.3) is 0 Å². The maximum absolute atomic E-state index is 13.1. The molecular formula is C23H27FN4O2S. The van der Waals surface area contributed by atoms with E-state index < -0.39 is 15.8 Å². The van der Waals surface area contributed by atoms with Crippen molar-refractivity contribution >= 4 is 10.0 Å². The molecule has 2 aliphatic heterocycles. The minimum absolute atomic E-state index is 0.149. The molecule has 2 aromatic carbocycles. The van der Waals surface area contributed by atoms with Gasteiger partial charge in [-0.3, -0.25) is 9.80 Å². The zero-order valence-electron chi connectivity index (χ0n) is 17.5. The quantitative estimate of drug-likeness (QED) is 0.712. The Labute approximate surface area is 183 Å². The van der Waals surface area contributed by atoms with Crippen molar-refractivity contribution in [3.8, 4) is 6.07 Å². The largest absolute Gasteiger partial charge is 0.299 e. The van der Waals surface area contributed by atoms with Gasteiger partial charge < -0.3 is 0 Å². The van der Waals surface area contributed by atoms with Crippen LogP contribution in [0.15, 0.2) is 53.4 Å². The number of piperidine rings is 1. The van der Waals surface area contributed by atoms with Gasteiger partial charge in [-0.1, -0.05) is 12.1 Å². The van der Waals surface area contributed by atoms with Gasteiger partial charge in [0.05, 0.1) is 16.5 Å². The highest BCUT2D eigenvalue weighted by Gasteiger charge is 2.32. The summed E-state index contributed by atoms with van der Waals surface area (Å²) in [6.07, 6.45) is 2.12. The van der Waals surface area contributed by atoms with E-state index in [0.29, 0.717) is 24.7 Å². The topological polar surface area (TPSA) is 67.7 Å². The first-order valence-corrected chi connectivity index (χ1v) is 12.1. The minimum atomic E-state index is -3.57. The Morgan fingerprint density at radius 2 is 1.65 bits per heavy atom. The normalized spacial score (nSPS) is 19.9. The first kappa shape index (κ1) is 21.9. The lowest BCUT2D eigenvalue weighted by Crippen LogP contribution is -2.54. The lowest BCUT2D eigenvalue weighted by molar-refractivity contribution is 0.0786. The Morgan fingerprint density at radius 3 is 2.29 bits per heavy atom. The summed E-state index contributed by atoms with van der Waals surface area (Å²) in [5.74, 6) is -0.437. The zero-order chi connectivity index (χ0) is 21.8. The van der Waals surface area contributed by atoms with Crippen LogP contribution in [0, 0.1) is 17.1 Å². The molecule has 2 saturated heterocycles. The van der Waals surface area contributed by atoms with E-state index in [2.05, 4.69) is 21.9 Å². The van der Waals surface area contributed by atoms with Crippen molar-refractivity contribution in [1.82, 2.24) is 14.1 Å². The molecule has 0 unspecified atom stereocenters. The molecule has 0 aliphatic carbocycles. The Morgan fingerprint density at radius 1 is 0.968 bits per heavy atom. The standard InChI is InChI=1S/C23H27FN4O2S/c24-21-4-6-23(7-5-21)31(29,30)28-14-12-27(13-15-28)22-8-10-26(11-9-22)18-20-3-1-2-19(16-20)17-25/h1-7,16,22H,8-15,18H2. The number of benzene rings is 2. The van der Waals surface area contributed by atoms with Gasteiger partial charge in [-0.15, -0.1) is 0 Å². The molecule has 164 valence electrons. The number of rotatable bonds is 5. The van der Waals surface area contributed by atoms with Crippen LogP contribution in [-0.4, -0.2) is 67.8 Å². The van der Waals surface area contributed by atoms with Crippen molar-refractivity contribution in [3.05, 3.63) is 65.5 Å². The van der Waals surface area contributed by atoms with Gasteiger partial charge in [0.15, 0.2) is 0 Å². The summed E-state index contributed by atoms with van der Waals surface area (Å²) < 4.78 is 40.2. The van der Waals surface area contributed by atoms with E-state index >= 15 is 0 Å². The van der Waals surface area contributed by atoms with Crippen molar-refractivity contribution < 1.29 is 12.8 Å². The molecule has 2 heterocycles. The first-order chi connectivity index (χ1) is 15.0. The highest BCUT2D eigenvalue weighted by atomic mass is 32.2. The summed E-state index contributed by atoms with van der Waals surface area (Å²) in [5, 5.41) is 9.07. The second-order valence-electron chi connectivity index (χ2n) is 8.21. The number of likely N-dealkylation sites (tertiary alicyclic amines) is 1. The molecule has 31 heavy (non-hydrogen) atoms. The molecule has 0 bridgehead atoms. The Balaban J connectivity index is 1.27. The molecule has 0 amide bonds. The maximum atomic E-state index is 13.1. The van der Waals surface area contributed by atoms with Crippen LogP contribution in [0.5, 0.6) is 0 Å². The van der Waals surface area contributed by atoms with E-state index in [1.165, 1.54) is 28.6 Å². The van der Waals surface area contributed by atoms with Gasteiger partial charge in [0, 0.05) is 38.8 Å². The van der Waals surface area contributed by atoms with E-state index in [1.54, 1.807) is 0 Å². The summed E-state index contributed by atoms with van der Waals surface area (Å²) in [7, 11) is -3.57. The van der Waals surface area contributed by atoms with E-state index in [0.717, 1.165) is 51.1 Å². The molecule has 0 N–H and O–H groups in total. The summed E-state index contributed by atoms with van der Waals surface area (Å²) in [4.78, 5) is 4.98. The van der Waals surface area contributed by atoms with Crippen LogP contribution < -0.4 is 0 Å². The van der Waals surface area contributed by atoms with Crippen molar-refractivity contribution in [1.29, 1.82) is 5.26 Å². The van der Waals surface area contributed by atoms with Gasteiger partial charge in [0.2, 0.25) is 10.0 Å². The third kappa shape index (κ3) is 5.13. The predicted octanol–water partition coefficient (Wildman–Crippen LogP) is 2.67. The number of hydrogen-bond acceptors (Lipinski definition) is 5. The summed E-state index contributed by atoms with van der Waals surface area (Å²) in [6.45, 7) is 5.20. The van der Waals surface area contributed by atoms with Gasteiger partial charge in [0.25, 0.3) is 0 Å². The molecular weight excluding hydrogens is 415 g/mol. The second kappa shape index (κ2) is 9.45. The molecule has 2 fully saturated rings. The van der Waals surface area contributed by atoms with E-state index in [9.17, 15) is 12.8 Å². The fourth-order valence-corrected chi connectivity index (χ4v) is 5.93. The van der Waals surface area contributed by atoms with Crippen LogP contribution in [0.1, 0.15) is 24.0 Å². The van der Waals surface area contributed by atoms with Crippen LogP contribution in [0.3, 0.4) is 0 Å². The van der Waals surface area contributed by atoms with Gasteiger partial charge in [0.1, 0.15) is 5.82 Å². The van der Waals surface area contributed by atoms with Crippen molar-refractivity contribution in [2.45, 2.75) is 30.3 Å². The summed E-state index contributed by atoms with van der Waals surface area (Å²) in [6, 6.07) is 15.5. The predicted molar refractivity (Wildman–Crippen MR) is 116 cm³/mol.